The lowest BCUT2D eigenvalue weighted by molar-refractivity contribution is -0.121. The van der Waals surface area contributed by atoms with E-state index in [2.05, 4.69) is 26.6 Å². The first-order valence-electron chi connectivity index (χ1n) is 7.42. The van der Waals surface area contributed by atoms with Gasteiger partial charge in [0.15, 0.2) is 11.7 Å². The molecule has 0 spiro atoms. The van der Waals surface area contributed by atoms with Gasteiger partial charge in [0, 0.05) is 10.2 Å². The first-order valence-corrected chi connectivity index (χ1v) is 8.62. The number of halogens is 1. The minimum Gasteiger partial charge on any atom is -0.484 e. The zero-order valence-corrected chi connectivity index (χ0v) is 16.2. The summed E-state index contributed by atoms with van der Waals surface area (Å²) in [5, 5.41) is 5.85. The van der Waals surface area contributed by atoms with Crippen LogP contribution >= 0.6 is 28.1 Å². The second kappa shape index (κ2) is 8.26. The quantitative estimate of drug-likeness (QED) is 0.744. The molecule has 2 aromatic carbocycles. The number of anilines is 1. The monoisotopic (exact) mass is 406 g/mol. The van der Waals surface area contributed by atoms with Crippen LogP contribution in [0.15, 0.2) is 40.9 Å². The van der Waals surface area contributed by atoms with Crippen molar-refractivity contribution < 1.29 is 9.53 Å². The van der Waals surface area contributed by atoms with E-state index >= 15 is 0 Å². The molecule has 0 aromatic heterocycles. The molecule has 6 heteroatoms. The fourth-order valence-electron chi connectivity index (χ4n) is 2.00. The number of ether oxygens (including phenoxy) is 1. The van der Waals surface area contributed by atoms with Crippen molar-refractivity contribution in [2.45, 2.75) is 20.8 Å². The van der Waals surface area contributed by atoms with Crippen molar-refractivity contribution in [1.82, 2.24) is 5.32 Å². The van der Waals surface area contributed by atoms with Crippen LogP contribution in [0, 0.1) is 20.8 Å². The van der Waals surface area contributed by atoms with E-state index in [1.54, 1.807) is 6.07 Å². The summed E-state index contributed by atoms with van der Waals surface area (Å²) in [6.45, 7) is 5.92. The second-order valence-corrected chi connectivity index (χ2v) is 6.76. The first kappa shape index (κ1) is 18.4. The molecule has 4 nitrogen and oxygen atoms in total. The highest BCUT2D eigenvalue weighted by molar-refractivity contribution is 9.10. The van der Waals surface area contributed by atoms with Gasteiger partial charge in [-0.1, -0.05) is 22.0 Å². The summed E-state index contributed by atoms with van der Waals surface area (Å²) in [7, 11) is 0. The third-order valence-corrected chi connectivity index (χ3v) is 4.61. The molecule has 0 saturated heterocycles. The van der Waals surface area contributed by atoms with E-state index in [0.29, 0.717) is 5.75 Å². The molecule has 1 amide bonds. The fraction of sp³-hybridized carbons (Fsp3) is 0.222. The van der Waals surface area contributed by atoms with E-state index in [0.717, 1.165) is 21.3 Å². The number of carbonyl (C=O) groups excluding carboxylic acids is 1. The Kier molecular flexibility index (Phi) is 6.34. The van der Waals surface area contributed by atoms with Crippen LogP contribution in [0.3, 0.4) is 0 Å². The first-order chi connectivity index (χ1) is 11.3. The molecule has 0 radical (unpaired) electrons. The molecule has 0 bridgehead atoms. The van der Waals surface area contributed by atoms with Crippen molar-refractivity contribution in [3.63, 3.8) is 0 Å². The van der Waals surface area contributed by atoms with Gasteiger partial charge in [-0.3, -0.25) is 10.1 Å². The topological polar surface area (TPSA) is 50.4 Å². The van der Waals surface area contributed by atoms with Gasteiger partial charge >= 0.3 is 0 Å². The molecular weight excluding hydrogens is 388 g/mol. The molecule has 0 fully saturated rings. The van der Waals surface area contributed by atoms with Gasteiger partial charge in [-0.2, -0.15) is 0 Å². The molecule has 2 rings (SSSR count). The molecule has 2 N–H and O–H groups in total. The predicted octanol–water partition coefficient (Wildman–Crippen LogP) is 4.27. The van der Waals surface area contributed by atoms with Crippen LogP contribution in [0.25, 0.3) is 0 Å². The van der Waals surface area contributed by atoms with Gasteiger partial charge in [0.25, 0.3) is 5.91 Å². The highest BCUT2D eigenvalue weighted by atomic mass is 79.9. The van der Waals surface area contributed by atoms with Crippen LogP contribution in [-0.4, -0.2) is 17.6 Å². The molecule has 0 aliphatic heterocycles. The maximum absolute atomic E-state index is 11.9. The summed E-state index contributed by atoms with van der Waals surface area (Å²) in [6, 6.07) is 11.4. The molecule has 0 aliphatic rings. The minimum absolute atomic E-state index is 0.101. The van der Waals surface area contributed by atoms with Gasteiger partial charge in [0.1, 0.15) is 5.75 Å². The molecule has 24 heavy (non-hydrogen) atoms. The van der Waals surface area contributed by atoms with Gasteiger partial charge in [0.2, 0.25) is 0 Å². The lowest BCUT2D eigenvalue weighted by atomic mass is 10.1. The molecule has 126 valence electrons. The standard InChI is InChI=1S/C18H19BrN2O2S/c1-11-4-5-14(8-12(11)2)20-18(24)21-17(22)10-23-15-6-7-16(19)13(3)9-15/h4-9H,10H2,1-3H3,(H2,20,21,22,24). The molecule has 0 heterocycles. The highest BCUT2D eigenvalue weighted by Crippen LogP contribution is 2.21. The number of hydrogen-bond acceptors (Lipinski definition) is 3. The average Bonchev–Trinajstić information content (AvgIpc) is 2.52. The van der Waals surface area contributed by atoms with E-state index < -0.39 is 0 Å². The molecular formula is C18H19BrN2O2S. The SMILES string of the molecule is Cc1ccc(NC(=S)NC(=O)COc2ccc(Br)c(C)c2)cc1C. The molecule has 0 atom stereocenters. The number of hydrogen-bond donors (Lipinski definition) is 2. The smallest absolute Gasteiger partial charge is 0.264 e. The molecule has 2 aromatic rings. The summed E-state index contributed by atoms with van der Waals surface area (Å²) >= 11 is 8.58. The third-order valence-electron chi connectivity index (χ3n) is 3.52. The third kappa shape index (κ3) is 5.32. The van der Waals surface area contributed by atoms with Crippen LogP contribution in [-0.2, 0) is 4.79 Å². The zero-order valence-electron chi connectivity index (χ0n) is 13.8. The number of nitrogens with one attached hydrogen (secondary N) is 2. The van der Waals surface area contributed by atoms with Crippen LogP contribution in [0.5, 0.6) is 5.75 Å². The lowest BCUT2D eigenvalue weighted by Crippen LogP contribution is -2.37. The highest BCUT2D eigenvalue weighted by Gasteiger charge is 2.07. The van der Waals surface area contributed by atoms with E-state index in [4.69, 9.17) is 17.0 Å². The number of benzene rings is 2. The lowest BCUT2D eigenvalue weighted by Gasteiger charge is -2.12. The summed E-state index contributed by atoms with van der Waals surface area (Å²) in [6.07, 6.45) is 0. The summed E-state index contributed by atoms with van der Waals surface area (Å²) in [5.41, 5.74) is 4.24. The largest absolute Gasteiger partial charge is 0.484 e. The van der Waals surface area contributed by atoms with Crippen molar-refractivity contribution in [3.05, 3.63) is 57.6 Å². The Balaban J connectivity index is 1.83. The molecule has 0 saturated carbocycles. The Hall–Kier alpha value is -1.92. The second-order valence-electron chi connectivity index (χ2n) is 5.50. The van der Waals surface area contributed by atoms with Gasteiger partial charge in [-0.15, -0.1) is 0 Å². The zero-order chi connectivity index (χ0) is 17.7. The fourth-order valence-corrected chi connectivity index (χ4v) is 2.48. The number of thiocarbonyl (C=S) groups is 1. The van der Waals surface area contributed by atoms with Gasteiger partial charge in [0.05, 0.1) is 0 Å². The normalized spacial score (nSPS) is 10.2. The molecule has 0 aliphatic carbocycles. The minimum atomic E-state index is -0.308. The van der Waals surface area contributed by atoms with Gasteiger partial charge in [-0.05, 0) is 80.0 Å². The van der Waals surface area contributed by atoms with Crippen LogP contribution in [0.4, 0.5) is 5.69 Å². The van der Waals surface area contributed by atoms with Crippen molar-refractivity contribution >= 4 is 44.9 Å². The van der Waals surface area contributed by atoms with E-state index in [1.807, 2.05) is 51.1 Å². The van der Waals surface area contributed by atoms with Crippen LogP contribution < -0.4 is 15.4 Å². The maximum Gasteiger partial charge on any atom is 0.264 e. The maximum atomic E-state index is 11.9. The summed E-state index contributed by atoms with van der Waals surface area (Å²) in [4.78, 5) is 11.9. The number of aryl methyl sites for hydroxylation is 3. The summed E-state index contributed by atoms with van der Waals surface area (Å²) in [5.74, 6) is 0.329. The average molecular weight is 407 g/mol. The van der Waals surface area contributed by atoms with E-state index in [9.17, 15) is 4.79 Å². The van der Waals surface area contributed by atoms with Crippen molar-refractivity contribution in [1.29, 1.82) is 0 Å². The van der Waals surface area contributed by atoms with Gasteiger partial charge in [-0.25, -0.2) is 0 Å². The number of amides is 1. The Morgan fingerprint density at radius 3 is 2.50 bits per heavy atom. The predicted molar refractivity (Wildman–Crippen MR) is 105 cm³/mol. The van der Waals surface area contributed by atoms with Crippen molar-refractivity contribution in [2.24, 2.45) is 0 Å². The Bertz CT molecular complexity index is 778. The van der Waals surface area contributed by atoms with Crippen molar-refractivity contribution in [2.75, 3.05) is 11.9 Å². The molecule has 0 unspecified atom stereocenters. The van der Waals surface area contributed by atoms with E-state index in [1.165, 1.54) is 5.56 Å². The Morgan fingerprint density at radius 1 is 1.08 bits per heavy atom. The number of carbonyl (C=O) groups is 1. The van der Waals surface area contributed by atoms with Gasteiger partial charge < -0.3 is 10.1 Å². The van der Waals surface area contributed by atoms with Crippen molar-refractivity contribution in [3.8, 4) is 5.75 Å². The van der Waals surface area contributed by atoms with Crippen LogP contribution in [0.1, 0.15) is 16.7 Å². The number of rotatable bonds is 4. The Morgan fingerprint density at radius 2 is 1.83 bits per heavy atom. The summed E-state index contributed by atoms with van der Waals surface area (Å²) < 4.78 is 6.47. The van der Waals surface area contributed by atoms with Crippen LogP contribution in [0.2, 0.25) is 0 Å². The van der Waals surface area contributed by atoms with E-state index in [-0.39, 0.29) is 17.6 Å². The Labute approximate surface area is 155 Å².